The smallest absolute Gasteiger partial charge is 0.273 e. The minimum Gasteiger partial charge on any atom is -0.447 e. The van der Waals surface area contributed by atoms with Crippen molar-refractivity contribution < 1.29 is 12.8 Å². The monoisotopic (exact) mass is 272 g/mol. The van der Waals surface area contributed by atoms with Gasteiger partial charge >= 0.3 is 0 Å². The summed E-state index contributed by atoms with van der Waals surface area (Å²) in [4.78, 5) is 0. The molecule has 1 aliphatic rings. The van der Waals surface area contributed by atoms with E-state index in [0.717, 1.165) is 19.3 Å². The third-order valence-electron chi connectivity index (χ3n) is 3.60. The lowest BCUT2D eigenvalue weighted by Crippen LogP contribution is -2.29. The van der Waals surface area contributed by atoms with Gasteiger partial charge in [0.1, 0.15) is 5.76 Å². The molecular weight excluding hydrogens is 252 g/mol. The van der Waals surface area contributed by atoms with Crippen LogP contribution in [0.3, 0.4) is 0 Å². The molecule has 0 unspecified atom stereocenters. The van der Waals surface area contributed by atoms with Crippen molar-refractivity contribution in [3.63, 3.8) is 0 Å². The zero-order chi connectivity index (χ0) is 13.2. The van der Waals surface area contributed by atoms with Crippen molar-refractivity contribution in [3.05, 3.63) is 17.9 Å². The van der Waals surface area contributed by atoms with Gasteiger partial charge in [0.15, 0.2) is 0 Å². The minimum atomic E-state index is -3.51. The Morgan fingerprint density at radius 1 is 1.39 bits per heavy atom. The average Bonchev–Trinajstić information content (AvgIpc) is 2.98. The molecule has 2 N–H and O–H groups in total. The predicted octanol–water partition coefficient (Wildman–Crippen LogP) is 1.47. The van der Waals surface area contributed by atoms with Gasteiger partial charge < -0.3 is 9.73 Å². The molecule has 0 bridgehead atoms. The molecule has 0 saturated heterocycles. The number of rotatable bonds is 7. The van der Waals surface area contributed by atoms with Crippen LogP contribution >= 0.6 is 0 Å². The molecule has 1 aromatic heterocycles. The average molecular weight is 272 g/mol. The first-order valence-electron chi connectivity index (χ1n) is 6.24. The second-order valence-corrected chi connectivity index (χ2v) is 6.63. The summed E-state index contributed by atoms with van der Waals surface area (Å²) < 4.78 is 32.0. The van der Waals surface area contributed by atoms with Crippen molar-refractivity contribution in [2.75, 3.05) is 13.6 Å². The van der Waals surface area contributed by atoms with Gasteiger partial charge in [-0.25, -0.2) is 13.1 Å². The number of hydrogen-bond donors (Lipinski definition) is 2. The fourth-order valence-electron chi connectivity index (χ4n) is 1.92. The summed E-state index contributed by atoms with van der Waals surface area (Å²) in [5.41, 5.74) is 0.188. The standard InChI is InChI=1S/C12H20N2O3S/c1-3-12(6-7-12)9-14-18(15,16)11-5-4-10(17-11)8-13-2/h4-5,13-14H,3,6-9H2,1-2H3. The van der Waals surface area contributed by atoms with Gasteiger partial charge in [-0.3, -0.25) is 0 Å². The van der Waals surface area contributed by atoms with Crippen LogP contribution in [-0.2, 0) is 16.6 Å². The normalized spacial score (nSPS) is 17.9. The molecule has 1 fully saturated rings. The van der Waals surface area contributed by atoms with Crippen molar-refractivity contribution in [2.45, 2.75) is 37.8 Å². The minimum absolute atomic E-state index is 0.000321. The highest BCUT2D eigenvalue weighted by Gasteiger charge is 2.41. The molecule has 0 radical (unpaired) electrons. The van der Waals surface area contributed by atoms with Crippen LogP contribution in [0.2, 0.25) is 0 Å². The van der Waals surface area contributed by atoms with Gasteiger partial charge in [-0.15, -0.1) is 0 Å². The Bertz CT molecular complexity index is 503. The second kappa shape index (κ2) is 5.03. The van der Waals surface area contributed by atoms with Gasteiger partial charge in [-0.05, 0) is 43.9 Å². The highest BCUT2D eigenvalue weighted by Crippen LogP contribution is 2.48. The summed E-state index contributed by atoms with van der Waals surface area (Å²) in [6.07, 6.45) is 3.23. The lowest BCUT2D eigenvalue weighted by molar-refractivity contribution is 0.400. The quantitative estimate of drug-likeness (QED) is 0.788. The molecule has 18 heavy (non-hydrogen) atoms. The van der Waals surface area contributed by atoms with Crippen LogP contribution in [0, 0.1) is 5.41 Å². The molecule has 6 heteroatoms. The summed E-state index contributed by atoms with van der Waals surface area (Å²) >= 11 is 0. The van der Waals surface area contributed by atoms with E-state index in [1.54, 1.807) is 13.1 Å². The Morgan fingerprint density at radius 3 is 2.67 bits per heavy atom. The van der Waals surface area contributed by atoms with Gasteiger partial charge in [0.05, 0.1) is 6.54 Å². The van der Waals surface area contributed by atoms with Crippen LogP contribution in [0.1, 0.15) is 31.9 Å². The van der Waals surface area contributed by atoms with E-state index in [1.807, 2.05) is 0 Å². The maximum Gasteiger partial charge on any atom is 0.273 e. The van der Waals surface area contributed by atoms with Crippen molar-refractivity contribution in [1.82, 2.24) is 10.0 Å². The van der Waals surface area contributed by atoms with E-state index < -0.39 is 10.0 Å². The summed E-state index contributed by atoms with van der Waals surface area (Å²) in [6, 6.07) is 3.18. The summed E-state index contributed by atoms with van der Waals surface area (Å²) in [5.74, 6) is 0.620. The van der Waals surface area contributed by atoms with E-state index in [2.05, 4.69) is 17.0 Å². The molecule has 1 saturated carbocycles. The van der Waals surface area contributed by atoms with E-state index >= 15 is 0 Å². The Hall–Kier alpha value is -0.850. The summed E-state index contributed by atoms with van der Waals surface area (Å²) in [7, 11) is -1.72. The van der Waals surface area contributed by atoms with E-state index in [9.17, 15) is 8.42 Å². The highest BCUT2D eigenvalue weighted by atomic mass is 32.2. The second-order valence-electron chi connectivity index (χ2n) is 4.93. The van der Waals surface area contributed by atoms with Crippen LogP contribution in [0.25, 0.3) is 0 Å². The molecule has 1 heterocycles. The van der Waals surface area contributed by atoms with E-state index in [4.69, 9.17) is 4.42 Å². The molecule has 0 spiro atoms. The molecule has 0 aromatic carbocycles. The van der Waals surface area contributed by atoms with Crippen LogP contribution in [0.5, 0.6) is 0 Å². The van der Waals surface area contributed by atoms with E-state index in [-0.39, 0.29) is 10.5 Å². The largest absolute Gasteiger partial charge is 0.447 e. The Morgan fingerprint density at radius 2 is 2.11 bits per heavy atom. The summed E-state index contributed by atoms with van der Waals surface area (Å²) in [5, 5.41) is 2.91. The fraction of sp³-hybridized carbons (Fsp3) is 0.667. The molecular formula is C12H20N2O3S. The lowest BCUT2D eigenvalue weighted by atomic mass is 10.1. The summed E-state index contributed by atoms with van der Waals surface area (Å²) in [6.45, 7) is 3.13. The van der Waals surface area contributed by atoms with Gasteiger partial charge in [-0.1, -0.05) is 6.92 Å². The van der Waals surface area contributed by atoms with Gasteiger partial charge in [0, 0.05) is 6.54 Å². The molecule has 2 rings (SSSR count). The maximum atomic E-state index is 12.0. The van der Waals surface area contributed by atoms with Crippen molar-refractivity contribution in [2.24, 2.45) is 5.41 Å². The number of nitrogens with one attached hydrogen (secondary N) is 2. The zero-order valence-electron chi connectivity index (χ0n) is 10.8. The zero-order valence-corrected chi connectivity index (χ0v) is 11.6. The highest BCUT2D eigenvalue weighted by molar-refractivity contribution is 7.89. The lowest BCUT2D eigenvalue weighted by Gasteiger charge is -2.12. The first-order chi connectivity index (χ1) is 8.51. The molecule has 1 aromatic rings. The van der Waals surface area contributed by atoms with Crippen molar-refractivity contribution in [3.8, 4) is 0 Å². The molecule has 0 amide bonds. The predicted molar refractivity (Wildman–Crippen MR) is 68.6 cm³/mol. The van der Waals surface area contributed by atoms with Gasteiger partial charge in [-0.2, -0.15) is 0 Å². The Balaban J connectivity index is 2.01. The number of hydrogen-bond acceptors (Lipinski definition) is 4. The molecule has 0 aliphatic heterocycles. The SMILES string of the molecule is CCC1(CNS(=O)(=O)c2ccc(CNC)o2)CC1. The molecule has 5 nitrogen and oxygen atoms in total. The Kier molecular flexibility index (Phi) is 3.79. The van der Waals surface area contributed by atoms with Crippen molar-refractivity contribution >= 4 is 10.0 Å². The number of sulfonamides is 1. The first kappa shape index (κ1) is 13.6. The van der Waals surface area contributed by atoms with Crippen LogP contribution in [0.15, 0.2) is 21.6 Å². The number of furan rings is 1. The fourth-order valence-corrected chi connectivity index (χ4v) is 3.03. The Labute approximate surface area is 108 Å². The van der Waals surface area contributed by atoms with E-state index in [0.29, 0.717) is 18.8 Å². The topological polar surface area (TPSA) is 71.3 Å². The van der Waals surface area contributed by atoms with Crippen molar-refractivity contribution in [1.29, 1.82) is 0 Å². The van der Waals surface area contributed by atoms with Gasteiger partial charge in [0.25, 0.3) is 10.0 Å². The van der Waals surface area contributed by atoms with E-state index in [1.165, 1.54) is 6.07 Å². The molecule has 1 aliphatic carbocycles. The maximum absolute atomic E-state index is 12.0. The van der Waals surface area contributed by atoms with Crippen LogP contribution < -0.4 is 10.0 Å². The third-order valence-corrected chi connectivity index (χ3v) is 4.87. The molecule has 102 valence electrons. The van der Waals surface area contributed by atoms with Crippen LogP contribution in [0.4, 0.5) is 0 Å². The molecule has 0 atom stereocenters. The van der Waals surface area contributed by atoms with Gasteiger partial charge in [0.2, 0.25) is 5.09 Å². The third kappa shape index (κ3) is 2.93. The first-order valence-corrected chi connectivity index (χ1v) is 7.73. The van der Waals surface area contributed by atoms with Crippen LogP contribution in [-0.4, -0.2) is 22.0 Å².